The third-order valence-corrected chi connectivity index (χ3v) is 3.97. The van der Waals surface area contributed by atoms with E-state index >= 15 is 0 Å². The number of hydrogen-bond acceptors (Lipinski definition) is 3. The number of benzene rings is 1. The summed E-state index contributed by atoms with van der Waals surface area (Å²) in [4.78, 5) is 4.34. The molecule has 0 saturated carbocycles. The molecule has 1 aromatic heterocycles. The van der Waals surface area contributed by atoms with Gasteiger partial charge >= 0.3 is 0 Å². The van der Waals surface area contributed by atoms with E-state index in [1.165, 1.54) is 11.1 Å². The van der Waals surface area contributed by atoms with E-state index in [1.807, 2.05) is 30.5 Å². The van der Waals surface area contributed by atoms with Gasteiger partial charge in [0.05, 0.1) is 22.9 Å². The third-order valence-electron chi connectivity index (χ3n) is 3.65. The van der Waals surface area contributed by atoms with Crippen molar-refractivity contribution >= 4 is 17.3 Å². The summed E-state index contributed by atoms with van der Waals surface area (Å²) in [7, 11) is 0. The summed E-state index contributed by atoms with van der Waals surface area (Å²) >= 11 is 6.38. The Kier molecular flexibility index (Phi) is 4.19. The molecule has 2 N–H and O–H groups in total. The molecule has 0 fully saturated rings. The zero-order valence-corrected chi connectivity index (χ0v) is 12.1. The molecule has 1 aliphatic rings. The van der Waals surface area contributed by atoms with Crippen LogP contribution in [0.15, 0.2) is 36.5 Å². The Labute approximate surface area is 124 Å². The Morgan fingerprint density at radius 2 is 2.05 bits per heavy atom. The minimum atomic E-state index is 0.699. The van der Waals surface area contributed by atoms with Gasteiger partial charge in [-0.15, -0.1) is 0 Å². The van der Waals surface area contributed by atoms with Crippen molar-refractivity contribution in [1.82, 2.24) is 10.3 Å². The molecule has 0 amide bonds. The molecule has 1 aliphatic heterocycles. The zero-order chi connectivity index (χ0) is 13.8. The highest BCUT2D eigenvalue weighted by Gasteiger charge is 2.14. The molecule has 0 bridgehead atoms. The van der Waals surface area contributed by atoms with Crippen LogP contribution in [0, 0.1) is 0 Å². The molecule has 0 unspecified atom stereocenters. The lowest BCUT2D eigenvalue weighted by atomic mass is 10.0. The van der Waals surface area contributed by atoms with Crippen LogP contribution in [-0.2, 0) is 19.4 Å². The highest BCUT2D eigenvalue weighted by atomic mass is 35.5. The predicted molar refractivity (Wildman–Crippen MR) is 83.3 cm³/mol. The second-order valence-electron chi connectivity index (χ2n) is 4.98. The molecule has 0 saturated heterocycles. The van der Waals surface area contributed by atoms with Crippen LogP contribution in [0.5, 0.6) is 0 Å². The molecular formula is C16H18ClN3. The number of pyridine rings is 1. The number of aromatic nitrogens is 1. The van der Waals surface area contributed by atoms with E-state index in [4.69, 9.17) is 11.6 Å². The second kappa shape index (κ2) is 6.25. The minimum absolute atomic E-state index is 0.699. The van der Waals surface area contributed by atoms with Crippen LogP contribution in [0.1, 0.15) is 16.8 Å². The molecule has 20 heavy (non-hydrogen) atoms. The Balaban J connectivity index is 1.85. The molecule has 0 atom stereocenters. The maximum absolute atomic E-state index is 6.38. The molecule has 0 spiro atoms. The van der Waals surface area contributed by atoms with E-state index in [9.17, 15) is 0 Å². The summed E-state index contributed by atoms with van der Waals surface area (Å²) in [5.41, 5.74) is 4.83. The van der Waals surface area contributed by atoms with Crippen LogP contribution < -0.4 is 10.6 Å². The Morgan fingerprint density at radius 3 is 2.90 bits per heavy atom. The van der Waals surface area contributed by atoms with Crippen LogP contribution in [0.2, 0.25) is 5.02 Å². The average molecular weight is 288 g/mol. The van der Waals surface area contributed by atoms with Gasteiger partial charge in [0.2, 0.25) is 0 Å². The molecular weight excluding hydrogens is 270 g/mol. The Bertz CT molecular complexity index is 584. The van der Waals surface area contributed by atoms with E-state index in [0.29, 0.717) is 6.54 Å². The summed E-state index contributed by atoms with van der Waals surface area (Å²) in [5, 5.41) is 7.69. The van der Waals surface area contributed by atoms with Gasteiger partial charge < -0.3 is 10.6 Å². The van der Waals surface area contributed by atoms with Crippen LogP contribution in [0.3, 0.4) is 0 Å². The molecule has 104 valence electrons. The first-order chi connectivity index (χ1) is 9.84. The molecule has 2 heterocycles. The highest BCUT2D eigenvalue weighted by Crippen LogP contribution is 2.30. The van der Waals surface area contributed by atoms with Crippen molar-refractivity contribution in [2.45, 2.75) is 19.4 Å². The van der Waals surface area contributed by atoms with E-state index in [2.05, 4.69) is 21.7 Å². The van der Waals surface area contributed by atoms with Gasteiger partial charge in [0.15, 0.2) is 0 Å². The van der Waals surface area contributed by atoms with Gasteiger partial charge in [-0.1, -0.05) is 23.7 Å². The number of nitrogens with one attached hydrogen (secondary N) is 2. The predicted octanol–water partition coefficient (Wildman–Crippen LogP) is 3.04. The molecule has 4 heteroatoms. The summed E-state index contributed by atoms with van der Waals surface area (Å²) in [6.45, 7) is 2.74. The van der Waals surface area contributed by atoms with Gasteiger partial charge in [-0.25, -0.2) is 0 Å². The van der Waals surface area contributed by atoms with Crippen molar-refractivity contribution in [3.8, 4) is 0 Å². The Hall–Kier alpha value is -1.58. The molecule has 3 rings (SSSR count). The second-order valence-corrected chi connectivity index (χ2v) is 5.39. The summed E-state index contributed by atoms with van der Waals surface area (Å²) in [6, 6.07) is 10.1. The first-order valence-corrected chi connectivity index (χ1v) is 7.37. The fourth-order valence-corrected chi connectivity index (χ4v) is 2.86. The number of rotatable bonds is 3. The molecule has 1 aromatic carbocycles. The van der Waals surface area contributed by atoms with Crippen molar-refractivity contribution in [1.29, 1.82) is 0 Å². The summed E-state index contributed by atoms with van der Waals surface area (Å²) in [5.74, 6) is 0. The normalized spacial score (nSPS) is 14.4. The van der Waals surface area contributed by atoms with E-state index in [0.717, 1.165) is 42.3 Å². The first-order valence-electron chi connectivity index (χ1n) is 6.99. The van der Waals surface area contributed by atoms with Gasteiger partial charge in [-0.2, -0.15) is 0 Å². The smallest absolute Gasteiger partial charge is 0.0640 e. The maximum Gasteiger partial charge on any atom is 0.0640 e. The van der Waals surface area contributed by atoms with Gasteiger partial charge in [-0.3, -0.25) is 4.98 Å². The van der Waals surface area contributed by atoms with E-state index in [-0.39, 0.29) is 0 Å². The van der Waals surface area contributed by atoms with E-state index in [1.54, 1.807) is 0 Å². The highest BCUT2D eigenvalue weighted by molar-refractivity contribution is 6.33. The monoisotopic (exact) mass is 287 g/mol. The number of fused-ring (bicyclic) bond motifs is 1. The standard InChI is InChI=1S/C16H18ClN3/c17-15-5-4-12-6-9-18-10-7-14(12)16(15)20-11-13-3-1-2-8-19-13/h1-5,8,18,20H,6-7,9-11H2. The Morgan fingerprint density at radius 1 is 1.15 bits per heavy atom. The summed E-state index contributed by atoms with van der Waals surface area (Å²) < 4.78 is 0. The molecule has 3 nitrogen and oxygen atoms in total. The largest absolute Gasteiger partial charge is 0.378 e. The van der Waals surface area contributed by atoms with Crippen molar-refractivity contribution < 1.29 is 0 Å². The first kappa shape index (κ1) is 13.4. The van der Waals surface area contributed by atoms with Gasteiger partial charge in [0.25, 0.3) is 0 Å². The lowest BCUT2D eigenvalue weighted by molar-refractivity contribution is 0.711. The van der Waals surface area contributed by atoms with E-state index < -0.39 is 0 Å². The van der Waals surface area contributed by atoms with Gasteiger partial charge in [0, 0.05) is 6.20 Å². The van der Waals surface area contributed by atoms with Gasteiger partial charge in [-0.05, 0) is 55.3 Å². The van der Waals surface area contributed by atoms with Crippen LogP contribution in [0.4, 0.5) is 5.69 Å². The molecule has 0 aliphatic carbocycles. The number of anilines is 1. The van der Waals surface area contributed by atoms with Crippen LogP contribution in [0.25, 0.3) is 0 Å². The van der Waals surface area contributed by atoms with Gasteiger partial charge in [0.1, 0.15) is 0 Å². The maximum atomic E-state index is 6.38. The third kappa shape index (κ3) is 2.94. The van der Waals surface area contributed by atoms with Crippen molar-refractivity contribution in [2.75, 3.05) is 18.4 Å². The fraction of sp³-hybridized carbons (Fsp3) is 0.312. The van der Waals surface area contributed by atoms with Crippen LogP contribution >= 0.6 is 11.6 Å². The lowest BCUT2D eigenvalue weighted by Crippen LogP contribution is -2.16. The minimum Gasteiger partial charge on any atom is -0.378 e. The van der Waals surface area contributed by atoms with Crippen molar-refractivity contribution in [3.05, 3.63) is 58.4 Å². The number of halogens is 1. The zero-order valence-electron chi connectivity index (χ0n) is 11.3. The quantitative estimate of drug-likeness (QED) is 0.911. The van der Waals surface area contributed by atoms with Crippen molar-refractivity contribution in [2.24, 2.45) is 0 Å². The fourth-order valence-electron chi connectivity index (χ4n) is 2.62. The number of hydrogen-bond donors (Lipinski definition) is 2. The summed E-state index contributed by atoms with van der Waals surface area (Å²) in [6.07, 6.45) is 3.89. The van der Waals surface area contributed by atoms with Crippen molar-refractivity contribution in [3.63, 3.8) is 0 Å². The van der Waals surface area contributed by atoms with Crippen LogP contribution in [-0.4, -0.2) is 18.1 Å². The topological polar surface area (TPSA) is 37.0 Å². The average Bonchev–Trinajstić information content (AvgIpc) is 2.73. The lowest BCUT2D eigenvalue weighted by Gasteiger charge is -2.16. The number of nitrogens with zero attached hydrogens (tertiary/aromatic N) is 1. The molecule has 2 aromatic rings. The SMILES string of the molecule is Clc1ccc2c(c1NCc1ccccn1)CCNCC2. The molecule has 0 radical (unpaired) electrons.